The van der Waals surface area contributed by atoms with Crippen molar-refractivity contribution in [3.8, 4) is 5.75 Å². The average molecular weight is 429 g/mol. The normalized spacial score (nSPS) is 22.1. The summed E-state index contributed by atoms with van der Waals surface area (Å²) in [6.45, 7) is 0. The Morgan fingerprint density at radius 2 is 2.00 bits per heavy atom. The Bertz CT molecular complexity index is 900. The smallest absolute Gasteiger partial charge is 0.315 e. The van der Waals surface area contributed by atoms with Gasteiger partial charge < -0.3 is 25.1 Å². The van der Waals surface area contributed by atoms with E-state index in [9.17, 15) is 14.4 Å². The number of nitrogens with one attached hydrogen (secondary N) is 3. The number of hydrogen-bond donors (Lipinski definition) is 3. The molecule has 3 amide bonds. The van der Waals surface area contributed by atoms with Crippen LogP contribution >= 0.6 is 11.8 Å². The van der Waals surface area contributed by atoms with Gasteiger partial charge in [-0.1, -0.05) is 6.42 Å². The summed E-state index contributed by atoms with van der Waals surface area (Å²) in [5.41, 5.74) is 0.581. The van der Waals surface area contributed by atoms with Gasteiger partial charge in [0.15, 0.2) is 5.76 Å². The molecule has 2 aliphatic heterocycles. The molecule has 158 valence electrons. The van der Waals surface area contributed by atoms with E-state index < -0.39 is 0 Å². The Labute approximate surface area is 178 Å². The summed E-state index contributed by atoms with van der Waals surface area (Å²) in [7, 11) is 0. The molecule has 2 saturated heterocycles. The van der Waals surface area contributed by atoms with Crippen molar-refractivity contribution in [1.29, 1.82) is 0 Å². The van der Waals surface area contributed by atoms with Gasteiger partial charge in [0.25, 0.3) is 5.91 Å². The summed E-state index contributed by atoms with van der Waals surface area (Å²) in [4.78, 5) is 35.4. The van der Waals surface area contributed by atoms with Gasteiger partial charge in [-0.3, -0.25) is 9.59 Å². The van der Waals surface area contributed by atoms with Gasteiger partial charge in [-0.15, -0.1) is 0 Å². The molecule has 0 saturated carbocycles. The number of urea groups is 1. The van der Waals surface area contributed by atoms with Crippen LogP contribution in [-0.4, -0.2) is 41.0 Å². The Hall–Kier alpha value is -2.94. The lowest BCUT2D eigenvalue weighted by Crippen LogP contribution is -2.36. The van der Waals surface area contributed by atoms with Crippen LogP contribution in [0.5, 0.6) is 5.75 Å². The number of unbranched alkanes of at least 4 members (excludes halogenated alkanes) is 1. The highest BCUT2D eigenvalue weighted by atomic mass is 32.2. The van der Waals surface area contributed by atoms with Crippen molar-refractivity contribution >= 4 is 35.4 Å². The van der Waals surface area contributed by atoms with Crippen LogP contribution in [0.1, 0.15) is 36.2 Å². The number of ether oxygens (including phenoxy) is 1. The van der Waals surface area contributed by atoms with E-state index in [1.807, 2.05) is 11.8 Å². The molecule has 1 aromatic carbocycles. The number of amides is 3. The van der Waals surface area contributed by atoms with Gasteiger partial charge in [0.1, 0.15) is 5.75 Å². The van der Waals surface area contributed by atoms with Gasteiger partial charge in [-0.2, -0.15) is 11.8 Å². The van der Waals surface area contributed by atoms with E-state index in [4.69, 9.17) is 9.15 Å². The molecule has 3 heterocycles. The van der Waals surface area contributed by atoms with E-state index in [0.717, 1.165) is 25.0 Å². The lowest BCUT2D eigenvalue weighted by molar-refractivity contribution is -0.134. The summed E-state index contributed by atoms with van der Waals surface area (Å²) in [6, 6.07) is 10.2. The molecule has 2 aliphatic rings. The first-order valence-electron chi connectivity index (χ1n) is 9.93. The van der Waals surface area contributed by atoms with Crippen LogP contribution in [0.3, 0.4) is 0 Å². The fourth-order valence-corrected chi connectivity index (χ4v) is 5.19. The number of thioether (sulfide) groups is 1. The van der Waals surface area contributed by atoms with Crippen molar-refractivity contribution in [3.05, 3.63) is 48.4 Å². The molecule has 1 aromatic heterocycles. The third kappa shape index (κ3) is 4.96. The van der Waals surface area contributed by atoms with Gasteiger partial charge in [0.05, 0.1) is 18.3 Å². The quantitative estimate of drug-likeness (QED) is 0.257. The highest BCUT2D eigenvalue weighted by Crippen LogP contribution is 2.33. The van der Waals surface area contributed by atoms with Gasteiger partial charge in [-0.25, -0.2) is 4.79 Å². The maximum Gasteiger partial charge on any atom is 0.315 e. The molecule has 8 nitrogen and oxygen atoms in total. The molecule has 3 atom stereocenters. The third-order valence-corrected chi connectivity index (χ3v) is 6.66. The topological polar surface area (TPSA) is 110 Å². The number of hydrogen-bond acceptors (Lipinski definition) is 6. The van der Waals surface area contributed by atoms with Crippen molar-refractivity contribution in [2.75, 3.05) is 11.1 Å². The molecule has 0 aliphatic carbocycles. The summed E-state index contributed by atoms with van der Waals surface area (Å²) in [5.74, 6) is 0.974. The SMILES string of the molecule is O=C1N[C@H]2[C@H](CCCCC(=O)Oc3ccc(NC(=O)c4ccco4)cc3)SC[C@H]2N1. The van der Waals surface area contributed by atoms with E-state index in [1.165, 1.54) is 6.26 Å². The van der Waals surface area contributed by atoms with E-state index in [-0.39, 0.29) is 35.8 Å². The Morgan fingerprint density at radius 1 is 1.17 bits per heavy atom. The highest BCUT2D eigenvalue weighted by Gasteiger charge is 2.42. The second-order valence-corrected chi connectivity index (χ2v) is 8.57. The third-order valence-electron chi connectivity index (χ3n) is 5.15. The van der Waals surface area contributed by atoms with E-state index in [1.54, 1.807) is 36.4 Å². The molecule has 30 heavy (non-hydrogen) atoms. The lowest BCUT2D eigenvalue weighted by atomic mass is 10.0. The molecule has 2 fully saturated rings. The van der Waals surface area contributed by atoms with Gasteiger partial charge >= 0.3 is 12.0 Å². The number of benzene rings is 1. The second-order valence-electron chi connectivity index (χ2n) is 7.30. The van der Waals surface area contributed by atoms with Crippen LogP contribution in [0.2, 0.25) is 0 Å². The fourth-order valence-electron chi connectivity index (χ4n) is 3.65. The number of rotatable bonds is 8. The Kier molecular flexibility index (Phi) is 6.27. The minimum absolute atomic E-state index is 0.0783. The van der Waals surface area contributed by atoms with Crippen LogP contribution in [0.4, 0.5) is 10.5 Å². The zero-order valence-electron chi connectivity index (χ0n) is 16.3. The van der Waals surface area contributed by atoms with Crippen molar-refractivity contribution in [2.24, 2.45) is 0 Å². The van der Waals surface area contributed by atoms with Gasteiger partial charge in [0, 0.05) is 23.1 Å². The first kappa shape index (κ1) is 20.3. The summed E-state index contributed by atoms with van der Waals surface area (Å²) >= 11 is 1.87. The van der Waals surface area contributed by atoms with Crippen LogP contribution in [0, 0.1) is 0 Å². The molecule has 0 bridgehead atoms. The largest absolute Gasteiger partial charge is 0.459 e. The van der Waals surface area contributed by atoms with E-state index >= 15 is 0 Å². The maximum atomic E-state index is 12.1. The van der Waals surface area contributed by atoms with Gasteiger partial charge in [-0.05, 0) is 49.2 Å². The fraction of sp³-hybridized carbons (Fsp3) is 0.381. The van der Waals surface area contributed by atoms with Crippen molar-refractivity contribution in [2.45, 2.75) is 43.0 Å². The minimum atomic E-state index is -0.343. The first-order chi connectivity index (χ1) is 14.6. The summed E-state index contributed by atoms with van der Waals surface area (Å²) < 4.78 is 10.4. The minimum Gasteiger partial charge on any atom is -0.459 e. The lowest BCUT2D eigenvalue weighted by Gasteiger charge is -2.16. The number of furan rings is 1. The van der Waals surface area contributed by atoms with Crippen molar-refractivity contribution < 1.29 is 23.5 Å². The number of fused-ring (bicyclic) bond motifs is 1. The van der Waals surface area contributed by atoms with Crippen LogP contribution in [-0.2, 0) is 4.79 Å². The predicted octanol–water partition coefficient (Wildman–Crippen LogP) is 3.16. The number of anilines is 1. The molecule has 9 heteroatoms. The van der Waals surface area contributed by atoms with Crippen LogP contribution in [0.15, 0.2) is 47.1 Å². The average Bonchev–Trinajstić information content (AvgIpc) is 3.45. The predicted molar refractivity (Wildman–Crippen MR) is 113 cm³/mol. The van der Waals surface area contributed by atoms with Crippen LogP contribution in [0.25, 0.3) is 0 Å². The van der Waals surface area contributed by atoms with Crippen molar-refractivity contribution in [1.82, 2.24) is 10.6 Å². The van der Waals surface area contributed by atoms with Crippen LogP contribution < -0.4 is 20.7 Å². The zero-order valence-corrected chi connectivity index (χ0v) is 17.1. The number of carbonyl (C=O) groups is 3. The Balaban J connectivity index is 1.15. The highest BCUT2D eigenvalue weighted by molar-refractivity contribution is 8.00. The molecule has 0 unspecified atom stereocenters. The number of esters is 1. The molecule has 2 aromatic rings. The summed E-state index contributed by atoms with van der Waals surface area (Å²) in [6.07, 6.45) is 4.39. The Morgan fingerprint density at radius 3 is 2.77 bits per heavy atom. The molecule has 0 spiro atoms. The molecular weight excluding hydrogens is 406 g/mol. The molecule has 0 radical (unpaired) electrons. The maximum absolute atomic E-state index is 12.1. The summed E-state index contributed by atoms with van der Waals surface area (Å²) in [5, 5.41) is 9.01. The van der Waals surface area contributed by atoms with Gasteiger partial charge in [0.2, 0.25) is 0 Å². The second kappa shape index (κ2) is 9.25. The molecule has 3 N–H and O–H groups in total. The van der Waals surface area contributed by atoms with E-state index in [0.29, 0.717) is 23.1 Å². The standard InChI is InChI=1S/C21H23N3O5S/c25-18(6-2-1-5-17-19-15(12-30-17)23-21(27)24-19)29-14-9-7-13(8-10-14)22-20(26)16-4-3-11-28-16/h3-4,7-11,15,17,19H,1-2,5-6,12H2,(H,22,26)(H2,23,24,27)/t15-,17+,19-/m1/s1. The zero-order chi connectivity index (χ0) is 20.9. The van der Waals surface area contributed by atoms with E-state index in [2.05, 4.69) is 16.0 Å². The molecular formula is C21H23N3O5S. The monoisotopic (exact) mass is 429 g/mol. The first-order valence-corrected chi connectivity index (χ1v) is 11.0. The number of carbonyl (C=O) groups excluding carboxylic acids is 3. The molecule has 4 rings (SSSR count). The van der Waals surface area contributed by atoms with Crippen molar-refractivity contribution in [3.63, 3.8) is 0 Å².